The molecule has 2 atom stereocenters. The molecule has 1 aliphatic heterocycles. The van der Waals surface area contributed by atoms with E-state index >= 15 is 0 Å². The summed E-state index contributed by atoms with van der Waals surface area (Å²) in [7, 11) is 1.28. The molecule has 11 nitrogen and oxygen atoms in total. The highest BCUT2D eigenvalue weighted by Crippen LogP contribution is 2.34. The number of amides is 2. The largest absolute Gasteiger partial charge is 0.490 e. The van der Waals surface area contributed by atoms with Crippen LogP contribution in [0.4, 0.5) is 4.79 Å². The molecule has 1 aromatic carbocycles. The maximum absolute atomic E-state index is 12.3. The number of nitrogens with one attached hydrogen (secondary N) is 3. The van der Waals surface area contributed by atoms with Gasteiger partial charge in [-0.2, -0.15) is 5.10 Å². The molecule has 0 fully saturated rings. The van der Waals surface area contributed by atoms with Crippen LogP contribution in [0.25, 0.3) is 0 Å². The molecule has 0 saturated carbocycles. The van der Waals surface area contributed by atoms with Crippen molar-refractivity contribution in [2.24, 2.45) is 5.10 Å². The summed E-state index contributed by atoms with van der Waals surface area (Å²) in [5, 5.41) is 19.4. The number of hydrogen-bond donors (Lipinski definition) is 4. The van der Waals surface area contributed by atoms with Crippen LogP contribution in [-0.2, 0) is 9.53 Å². The van der Waals surface area contributed by atoms with Crippen molar-refractivity contribution in [2.75, 3.05) is 20.3 Å². The number of aliphatic hydroxyl groups excluding tert-OH is 1. The second-order valence-electron chi connectivity index (χ2n) is 7.17. The van der Waals surface area contributed by atoms with Crippen LogP contribution < -0.4 is 25.5 Å². The third-order valence-corrected chi connectivity index (χ3v) is 4.78. The van der Waals surface area contributed by atoms with E-state index in [0.29, 0.717) is 35.1 Å². The minimum atomic E-state index is -1.09. The summed E-state index contributed by atoms with van der Waals surface area (Å²) in [4.78, 5) is 28.5. The number of methoxy groups -OCH3 is 1. The third-order valence-electron chi connectivity index (χ3n) is 4.78. The number of aliphatic hydroxyl groups is 1. The SMILES string of the molecule is CCOc1cc([C@@H]2NC(=O)NC(C)=C2C(=O)OC)ccc1OC[C@@H](O)N/N=C\c1ccccn1. The molecule has 1 aliphatic rings. The van der Waals surface area contributed by atoms with Crippen LogP contribution in [0.1, 0.15) is 31.1 Å². The zero-order valence-electron chi connectivity index (χ0n) is 19.1. The molecule has 1 aromatic heterocycles. The Morgan fingerprint density at radius 2 is 2.12 bits per heavy atom. The van der Waals surface area contributed by atoms with E-state index in [-0.39, 0.29) is 12.2 Å². The lowest BCUT2D eigenvalue weighted by atomic mass is 9.95. The molecule has 0 unspecified atom stereocenters. The molecule has 34 heavy (non-hydrogen) atoms. The van der Waals surface area contributed by atoms with Gasteiger partial charge in [-0.25, -0.2) is 9.59 Å². The van der Waals surface area contributed by atoms with E-state index in [2.05, 4.69) is 26.1 Å². The number of esters is 1. The van der Waals surface area contributed by atoms with E-state index in [1.807, 2.05) is 13.0 Å². The number of allylic oxidation sites excluding steroid dienone is 1. The standard InChI is InChI=1S/C23H27N5O6/c1-4-33-18-11-15(21-20(22(30)32-3)14(2)26-23(31)27-21)8-9-17(18)34-13-19(29)28-25-12-16-7-5-6-10-24-16/h5-12,19,21,28-29H,4,13H2,1-3H3,(H2,26,27,31)/b25-12-/t19-,21+/m1/s1. The highest BCUT2D eigenvalue weighted by Gasteiger charge is 2.32. The first-order valence-corrected chi connectivity index (χ1v) is 10.6. The fraction of sp³-hybridized carbons (Fsp3) is 0.304. The second-order valence-corrected chi connectivity index (χ2v) is 7.17. The van der Waals surface area contributed by atoms with E-state index in [0.717, 1.165) is 0 Å². The van der Waals surface area contributed by atoms with Crippen molar-refractivity contribution >= 4 is 18.2 Å². The summed E-state index contributed by atoms with van der Waals surface area (Å²) in [5.41, 5.74) is 4.48. The molecule has 180 valence electrons. The number of nitrogens with zero attached hydrogens (tertiary/aromatic N) is 2. The number of hydrazone groups is 1. The zero-order chi connectivity index (χ0) is 24.5. The monoisotopic (exact) mass is 469 g/mol. The van der Waals surface area contributed by atoms with Gasteiger partial charge < -0.3 is 30.0 Å². The maximum atomic E-state index is 12.3. The van der Waals surface area contributed by atoms with Gasteiger partial charge in [0.15, 0.2) is 17.7 Å². The highest BCUT2D eigenvalue weighted by atomic mass is 16.5. The average molecular weight is 469 g/mol. The summed E-state index contributed by atoms with van der Waals surface area (Å²) in [6.07, 6.45) is 2.03. The molecular weight excluding hydrogens is 442 g/mol. The molecule has 0 saturated heterocycles. The smallest absolute Gasteiger partial charge is 0.337 e. The van der Waals surface area contributed by atoms with Gasteiger partial charge >= 0.3 is 12.0 Å². The Morgan fingerprint density at radius 3 is 2.82 bits per heavy atom. The zero-order valence-corrected chi connectivity index (χ0v) is 19.1. The quantitative estimate of drug-likeness (QED) is 0.178. The van der Waals surface area contributed by atoms with Crippen molar-refractivity contribution in [2.45, 2.75) is 26.1 Å². The molecule has 0 aliphatic carbocycles. The van der Waals surface area contributed by atoms with Gasteiger partial charge in [-0.15, -0.1) is 0 Å². The topological polar surface area (TPSA) is 143 Å². The van der Waals surface area contributed by atoms with Crippen molar-refractivity contribution in [3.8, 4) is 11.5 Å². The van der Waals surface area contributed by atoms with Crippen LogP contribution in [0.3, 0.4) is 0 Å². The number of benzene rings is 1. The van der Waals surface area contributed by atoms with Crippen molar-refractivity contribution in [3.63, 3.8) is 0 Å². The van der Waals surface area contributed by atoms with Crippen LogP contribution in [0, 0.1) is 0 Å². The van der Waals surface area contributed by atoms with Crippen LogP contribution >= 0.6 is 0 Å². The predicted molar refractivity (Wildman–Crippen MR) is 123 cm³/mol. The van der Waals surface area contributed by atoms with E-state index in [1.165, 1.54) is 13.3 Å². The minimum Gasteiger partial charge on any atom is -0.490 e. The number of carbonyl (C=O) groups excluding carboxylic acids is 2. The summed E-state index contributed by atoms with van der Waals surface area (Å²) < 4.78 is 16.3. The number of carbonyl (C=O) groups is 2. The minimum absolute atomic E-state index is 0.116. The number of hydrogen-bond acceptors (Lipinski definition) is 9. The Bertz CT molecular complexity index is 1070. The Balaban J connectivity index is 1.72. The van der Waals surface area contributed by atoms with Crippen molar-refractivity contribution < 1.29 is 28.9 Å². The summed E-state index contributed by atoms with van der Waals surface area (Å²) >= 11 is 0. The van der Waals surface area contributed by atoms with Gasteiger partial charge in [-0.1, -0.05) is 12.1 Å². The number of urea groups is 1. The molecule has 2 amide bonds. The maximum Gasteiger partial charge on any atom is 0.337 e. The fourth-order valence-electron chi connectivity index (χ4n) is 3.26. The first-order chi connectivity index (χ1) is 16.4. The van der Waals surface area contributed by atoms with Crippen LogP contribution in [-0.4, -0.2) is 54.9 Å². The number of rotatable bonds is 10. The Labute approximate surface area is 196 Å². The molecule has 2 aromatic rings. The Morgan fingerprint density at radius 1 is 1.29 bits per heavy atom. The average Bonchev–Trinajstić information content (AvgIpc) is 2.83. The van der Waals surface area contributed by atoms with Crippen LogP contribution in [0.2, 0.25) is 0 Å². The van der Waals surface area contributed by atoms with Gasteiger partial charge in [0.1, 0.15) is 6.61 Å². The lowest BCUT2D eigenvalue weighted by Crippen LogP contribution is -2.45. The Kier molecular flexibility index (Phi) is 8.41. The molecule has 4 N–H and O–H groups in total. The van der Waals surface area contributed by atoms with E-state index in [9.17, 15) is 14.7 Å². The van der Waals surface area contributed by atoms with E-state index < -0.39 is 24.3 Å². The third kappa shape index (κ3) is 6.23. The van der Waals surface area contributed by atoms with Gasteiger partial charge in [0.25, 0.3) is 0 Å². The normalized spacial score (nSPS) is 16.5. The van der Waals surface area contributed by atoms with Crippen LogP contribution in [0.5, 0.6) is 11.5 Å². The molecule has 3 rings (SSSR count). The van der Waals surface area contributed by atoms with Gasteiger partial charge in [-0.3, -0.25) is 10.4 Å². The first-order valence-electron chi connectivity index (χ1n) is 10.6. The molecule has 0 spiro atoms. The van der Waals surface area contributed by atoms with Gasteiger partial charge in [0, 0.05) is 11.9 Å². The summed E-state index contributed by atoms with van der Waals surface area (Å²) in [6, 6.07) is 9.24. The van der Waals surface area contributed by atoms with Crippen molar-refractivity contribution in [1.82, 2.24) is 21.0 Å². The molecule has 11 heteroatoms. The van der Waals surface area contributed by atoms with Crippen LogP contribution in [0.15, 0.2) is 59.0 Å². The van der Waals surface area contributed by atoms with Gasteiger partial charge in [0.05, 0.1) is 37.2 Å². The molecular formula is C23H27N5O6. The molecule has 2 heterocycles. The second kappa shape index (κ2) is 11.7. The molecule has 0 radical (unpaired) electrons. The van der Waals surface area contributed by atoms with E-state index in [4.69, 9.17) is 14.2 Å². The number of pyridine rings is 1. The van der Waals surface area contributed by atoms with Gasteiger partial charge in [-0.05, 0) is 43.7 Å². The predicted octanol–water partition coefficient (Wildman–Crippen LogP) is 1.60. The lowest BCUT2D eigenvalue weighted by Gasteiger charge is -2.28. The summed E-state index contributed by atoms with van der Waals surface area (Å²) in [6.45, 7) is 3.68. The van der Waals surface area contributed by atoms with Crippen molar-refractivity contribution in [1.29, 1.82) is 0 Å². The lowest BCUT2D eigenvalue weighted by molar-refractivity contribution is -0.136. The first kappa shape index (κ1) is 24.5. The molecule has 0 bridgehead atoms. The van der Waals surface area contributed by atoms with Crippen molar-refractivity contribution in [3.05, 3.63) is 65.1 Å². The number of ether oxygens (including phenoxy) is 3. The fourth-order valence-corrected chi connectivity index (χ4v) is 3.26. The summed E-state index contributed by atoms with van der Waals surface area (Å²) in [5.74, 6) is 0.202. The van der Waals surface area contributed by atoms with Gasteiger partial charge in [0.2, 0.25) is 0 Å². The number of aromatic nitrogens is 1. The highest BCUT2D eigenvalue weighted by molar-refractivity contribution is 5.95. The van der Waals surface area contributed by atoms with E-state index in [1.54, 1.807) is 43.5 Å². The Hall–Kier alpha value is -4.12.